The Morgan fingerprint density at radius 1 is 1.14 bits per heavy atom. The maximum Gasteiger partial charge on any atom is 0.256 e. The van der Waals surface area contributed by atoms with Crippen LogP contribution in [0.25, 0.3) is 0 Å². The number of carbonyl (C=O) groups is 1. The number of carbonyl (C=O) groups excluding carboxylic acids is 1. The highest BCUT2D eigenvalue weighted by atomic mass is 19.1. The Kier molecular flexibility index (Phi) is 7.60. The van der Waals surface area contributed by atoms with Gasteiger partial charge in [0, 0.05) is 32.1 Å². The van der Waals surface area contributed by atoms with Crippen LogP contribution in [0.5, 0.6) is 11.6 Å². The molecule has 6 nitrogen and oxygen atoms in total. The number of nitrogens with one attached hydrogen (secondary N) is 1. The van der Waals surface area contributed by atoms with Crippen LogP contribution in [0.4, 0.5) is 8.78 Å². The minimum absolute atomic E-state index is 0.133. The zero-order valence-electron chi connectivity index (χ0n) is 20.1. The number of likely N-dealkylation sites (N-methyl/N-ethyl adjacent to an activating group) is 1. The highest BCUT2D eigenvalue weighted by Gasteiger charge is 2.37. The summed E-state index contributed by atoms with van der Waals surface area (Å²) in [4.78, 5) is 19.9. The van der Waals surface area contributed by atoms with E-state index in [2.05, 4.69) is 15.2 Å². The third-order valence-corrected chi connectivity index (χ3v) is 6.49. The Bertz CT molecular complexity index is 1190. The normalized spacial score (nSPS) is 16.3. The lowest BCUT2D eigenvalue weighted by molar-refractivity contribution is -0.127. The standard InChI is InChI=1S/C27H29F2N3O3/c1-30-26(33)25(18-7-5-4-6-8-18)32-14-13-22-20(16-24(34-2)27(31-22)35-3)23(32)12-10-17-9-11-19(28)15-21(17)29/h4-9,11,15-16,23,25H,10,12-14H2,1-3H3,(H,30,33)/t23-,25?/m0/s1. The van der Waals surface area contributed by atoms with Crippen LogP contribution in [0.15, 0.2) is 54.6 Å². The van der Waals surface area contributed by atoms with Crippen molar-refractivity contribution in [3.63, 3.8) is 0 Å². The summed E-state index contributed by atoms with van der Waals surface area (Å²) < 4.78 is 38.8. The fourth-order valence-corrected chi connectivity index (χ4v) is 4.79. The number of nitrogens with zero attached hydrogens (tertiary/aromatic N) is 2. The molecule has 35 heavy (non-hydrogen) atoms. The van der Waals surface area contributed by atoms with Gasteiger partial charge in [-0.25, -0.2) is 13.8 Å². The summed E-state index contributed by atoms with van der Waals surface area (Å²) in [5, 5.41) is 2.79. The van der Waals surface area contributed by atoms with Crippen LogP contribution >= 0.6 is 0 Å². The van der Waals surface area contributed by atoms with Crippen molar-refractivity contribution in [2.24, 2.45) is 0 Å². The summed E-state index contributed by atoms with van der Waals surface area (Å²) in [6, 6.07) is 14.3. The van der Waals surface area contributed by atoms with Gasteiger partial charge in [-0.1, -0.05) is 36.4 Å². The monoisotopic (exact) mass is 481 g/mol. The van der Waals surface area contributed by atoms with E-state index in [1.807, 2.05) is 36.4 Å². The zero-order valence-corrected chi connectivity index (χ0v) is 20.1. The molecule has 1 amide bonds. The number of methoxy groups -OCH3 is 2. The summed E-state index contributed by atoms with van der Waals surface area (Å²) in [7, 11) is 4.71. The largest absolute Gasteiger partial charge is 0.491 e. The van der Waals surface area contributed by atoms with E-state index in [-0.39, 0.29) is 11.9 Å². The minimum atomic E-state index is -0.610. The number of halogens is 2. The molecule has 0 saturated carbocycles. The fourth-order valence-electron chi connectivity index (χ4n) is 4.79. The number of pyridine rings is 1. The summed E-state index contributed by atoms with van der Waals surface area (Å²) in [5.41, 5.74) is 3.04. The van der Waals surface area contributed by atoms with Gasteiger partial charge in [0.1, 0.15) is 17.7 Å². The highest BCUT2D eigenvalue weighted by molar-refractivity contribution is 5.83. The predicted molar refractivity (Wildman–Crippen MR) is 128 cm³/mol. The topological polar surface area (TPSA) is 63.7 Å². The number of benzene rings is 2. The minimum Gasteiger partial charge on any atom is -0.491 e. The van der Waals surface area contributed by atoms with Gasteiger partial charge in [0.15, 0.2) is 5.75 Å². The van der Waals surface area contributed by atoms with Gasteiger partial charge in [0.05, 0.1) is 19.9 Å². The smallest absolute Gasteiger partial charge is 0.256 e. The van der Waals surface area contributed by atoms with E-state index in [1.54, 1.807) is 14.2 Å². The molecule has 2 aromatic carbocycles. The molecule has 184 valence electrons. The second-order valence-corrected chi connectivity index (χ2v) is 8.44. The van der Waals surface area contributed by atoms with E-state index in [4.69, 9.17) is 9.47 Å². The first kappa shape index (κ1) is 24.6. The molecule has 0 aliphatic carbocycles. The molecule has 0 radical (unpaired) electrons. The van der Waals surface area contributed by atoms with Crippen LogP contribution in [-0.2, 0) is 17.6 Å². The van der Waals surface area contributed by atoms with Crippen molar-refractivity contribution in [3.8, 4) is 11.6 Å². The second kappa shape index (κ2) is 10.8. The quantitative estimate of drug-likeness (QED) is 0.517. The van der Waals surface area contributed by atoms with E-state index in [0.29, 0.717) is 43.0 Å². The van der Waals surface area contributed by atoms with Gasteiger partial charge < -0.3 is 14.8 Å². The van der Waals surface area contributed by atoms with Crippen LogP contribution in [0.3, 0.4) is 0 Å². The third kappa shape index (κ3) is 5.12. The molecule has 0 saturated heterocycles. The maximum atomic E-state index is 14.5. The first-order valence-corrected chi connectivity index (χ1v) is 11.5. The fraction of sp³-hybridized carbons (Fsp3) is 0.333. The summed E-state index contributed by atoms with van der Waals surface area (Å²) >= 11 is 0. The lowest BCUT2D eigenvalue weighted by Gasteiger charge is -2.41. The summed E-state index contributed by atoms with van der Waals surface area (Å²) in [5.74, 6) is -0.438. The van der Waals surface area contributed by atoms with Gasteiger partial charge in [-0.3, -0.25) is 9.69 Å². The number of amides is 1. The SMILES string of the molecule is CNC(=O)C(c1ccccc1)N1CCc2nc(OC)c(OC)cc2[C@@H]1CCc1ccc(F)cc1F. The predicted octanol–water partition coefficient (Wildman–Crippen LogP) is 4.40. The molecule has 0 fully saturated rings. The van der Waals surface area contributed by atoms with Gasteiger partial charge in [0.2, 0.25) is 5.91 Å². The number of ether oxygens (including phenoxy) is 2. The number of fused-ring (bicyclic) bond motifs is 1. The molecular weight excluding hydrogens is 452 g/mol. The van der Waals surface area contributed by atoms with E-state index in [1.165, 1.54) is 19.2 Å². The molecule has 1 aliphatic rings. The third-order valence-electron chi connectivity index (χ3n) is 6.49. The maximum absolute atomic E-state index is 14.5. The number of hydrogen-bond acceptors (Lipinski definition) is 5. The first-order valence-electron chi connectivity index (χ1n) is 11.5. The van der Waals surface area contributed by atoms with Crippen LogP contribution in [-0.4, -0.2) is 43.6 Å². The molecule has 8 heteroatoms. The van der Waals surface area contributed by atoms with Crippen LogP contribution in [0, 0.1) is 11.6 Å². The molecule has 1 aromatic heterocycles. The average molecular weight is 482 g/mol. The highest BCUT2D eigenvalue weighted by Crippen LogP contribution is 2.41. The van der Waals surface area contributed by atoms with Crippen molar-refractivity contribution in [3.05, 3.63) is 88.6 Å². The second-order valence-electron chi connectivity index (χ2n) is 8.44. The van der Waals surface area contributed by atoms with E-state index >= 15 is 0 Å². The Balaban J connectivity index is 1.78. The van der Waals surface area contributed by atoms with Crippen molar-refractivity contribution < 1.29 is 23.0 Å². The number of aryl methyl sites for hydroxylation is 1. The van der Waals surface area contributed by atoms with Crippen molar-refractivity contribution in [2.75, 3.05) is 27.8 Å². The summed E-state index contributed by atoms with van der Waals surface area (Å²) in [6.07, 6.45) is 1.46. The van der Waals surface area contributed by atoms with Crippen molar-refractivity contribution >= 4 is 5.91 Å². The average Bonchev–Trinajstić information content (AvgIpc) is 2.88. The molecule has 0 bridgehead atoms. The molecule has 0 spiro atoms. The molecular formula is C27H29F2N3O3. The van der Waals surface area contributed by atoms with Crippen molar-refractivity contribution in [2.45, 2.75) is 31.3 Å². The first-order chi connectivity index (χ1) is 17.0. The lowest BCUT2D eigenvalue weighted by atomic mass is 9.88. The molecule has 1 N–H and O–H groups in total. The van der Waals surface area contributed by atoms with Crippen molar-refractivity contribution in [1.82, 2.24) is 15.2 Å². The Hall–Kier alpha value is -3.52. The number of aromatic nitrogens is 1. The van der Waals surface area contributed by atoms with Gasteiger partial charge >= 0.3 is 0 Å². The number of hydrogen-bond donors (Lipinski definition) is 1. The van der Waals surface area contributed by atoms with E-state index in [0.717, 1.165) is 22.9 Å². The van der Waals surface area contributed by atoms with Gasteiger partial charge in [-0.05, 0) is 41.7 Å². The number of rotatable bonds is 8. The molecule has 4 rings (SSSR count). The zero-order chi connectivity index (χ0) is 24.9. The van der Waals surface area contributed by atoms with E-state index < -0.39 is 17.7 Å². The van der Waals surface area contributed by atoms with Crippen LogP contribution in [0.1, 0.15) is 40.9 Å². The Labute approximate surface area is 203 Å². The summed E-state index contributed by atoms with van der Waals surface area (Å²) in [6.45, 7) is 0.568. The van der Waals surface area contributed by atoms with Gasteiger partial charge in [0.25, 0.3) is 5.88 Å². The molecule has 1 unspecified atom stereocenters. The Morgan fingerprint density at radius 3 is 2.57 bits per heavy atom. The molecule has 1 aliphatic heterocycles. The lowest BCUT2D eigenvalue weighted by Crippen LogP contribution is -2.45. The molecule has 3 aromatic rings. The Morgan fingerprint density at radius 2 is 1.91 bits per heavy atom. The van der Waals surface area contributed by atoms with Gasteiger partial charge in [-0.2, -0.15) is 0 Å². The van der Waals surface area contributed by atoms with Crippen LogP contribution < -0.4 is 14.8 Å². The van der Waals surface area contributed by atoms with Crippen LogP contribution in [0.2, 0.25) is 0 Å². The van der Waals surface area contributed by atoms with E-state index in [9.17, 15) is 13.6 Å². The molecule has 2 atom stereocenters. The van der Waals surface area contributed by atoms with Crippen molar-refractivity contribution in [1.29, 1.82) is 0 Å². The molecule has 2 heterocycles. The van der Waals surface area contributed by atoms with Gasteiger partial charge in [-0.15, -0.1) is 0 Å².